The maximum absolute atomic E-state index is 13.2. The Bertz CT molecular complexity index is 1120. The van der Waals surface area contributed by atoms with Gasteiger partial charge in [-0.2, -0.15) is 5.10 Å². The topological polar surface area (TPSA) is 92.1 Å². The van der Waals surface area contributed by atoms with Gasteiger partial charge in [-0.05, 0) is 50.6 Å². The summed E-state index contributed by atoms with van der Waals surface area (Å²) in [6.45, 7) is 4.62. The number of nitrogens with zero attached hydrogens (tertiary/aromatic N) is 2. The molecule has 6 heteroatoms. The first-order chi connectivity index (χ1) is 15.1. The molecule has 0 aliphatic carbocycles. The Balaban J connectivity index is 1.90. The van der Waals surface area contributed by atoms with Crippen molar-refractivity contribution < 1.29 is 9.52 Å². The van der Waals surface area contributed by atoms with Crippen molar-refractivity contribution in [2.75, 3.05) is 19.6 Å². The van der Waals surface area contributed by atoms with Gasteiger partial charge in [0.15, 0.2) is 0 Å². The average Bonchev–Trinajstić information content (AvgIpc) is 2.81. The maximum Gasteiger partial charge on any atom is 0.343 e. The molecule has 0 unspecified atom stereocenters. The number of piperidine rings is 1. The minimum Gasteiger partial charge on any atom is -0.507 e. The molecule has 162 valence electrons. The molecule has 1 aromatic heterocycles. The van der Waals surface area contributed by atoms with Gasteiger partial charge in [-0.15, -0.1) is 0 Å². The number of benzene rings is 2. The van der Waals surface area contributed by atoms with Crippen LogP contribution < -0.4 is 11.5 Å². The second kappa shape index (κ2) is 9.35. The van der Waals surface area contributed by atoms with Crippen LogP contribution in [0.15, 0.2) is 68.9 Å². The summed E-state index contributed by atoms with van der Waals surface area (Å²) in [6.07, 6.45) is 3.55. The SMILES string of the molecule is C/C(=N\N)[C@@H](CN1CCCCC1)[C@@H](c1ccccc1)c1c(O)c2ccccc2oc1=O. The van der Waals surface area contributed by atoms with Crippen LogP contribution in [0.1, 0.15) is 43.2 Å². The molecule has 3 N–H and O–H groups in total. The number of aromatic hydroxyl groups is 1. The van der Waals surface area contributed by atoms with Gasteiger partial charge in [0.2, 0.25) is 0 Å². The summed E-state index contributed by atoms with van der Waals surface area (Å²) < 4.78 is 5.63. The number of hydrogen-bond acceptors (Lipinski definition) is 6. The Morgan fingerprint density at radius 2 is 1.77 bits per heavy atom. The van der Waals surface area contributed by atoms with Crippen molar-refractivity contribution in [3.8, 4) is 5.75 Å². The molecule has 31 heavy (non-hydrogen) atoms. The summed E-state index contributed by atoms with van der Waals surface area (Å²) in [6, 6.07) is 16.8. The maximum atomic E-state index is 13.2. The molecule has 1 aliphatic heterocycles. The first-order valence-electron chi connectivity index (χ1n) is 10.9. The van der Waals surface area contributed by atoms with E-state index < -0.39 is 11.5 Å². The Labute approximate surface area is 182 Å². The molecule has 0 radical (unpaired) electrons. The predicted octanol–water partition coefficient (Wildman–Crippen LogP) is 4.07. The molecule has 6 nitrogen and oxygen atoms in total. The number of nitrogens with two attached hydrogens (primary N) is 1. The molecule has 0 spiro atoms. The van der Waals surface area contributed by atoms with Crippen LogP contribution in [0.5, 0.6) is 5.75 Å². The van der Waals surface area contributed by atoms with Gasteiger partial charge < -0.3 is 20.3 Å². The third-order valence-electron chi connectivity index (χ3n) is 6.34. The second-order valence-electron chi connectivity index (χ2n) is 8.27. The van der Waals surface area contributed by atoms with Crippen molar-refractivity contribution in [1.29, 1.82) is 0 Å². The minimum atomic E-state index is -0.529. The van der Waals surface area contributed by atoms with Crippen molar-refractivity contribution in [1.82, 2.24) is 4.90 Å². The summed E-state index contributed by atoms with van der Waals surface area (Å²) in [4.78, 5) is 15.6. The van der Waals surface area contributed by atoms with Crippen molar-refractivity contribution in [3.63, 3.8) is 0 Å². The third kappa shape index (κ3) is 4.35. The minimum absolute atomic E-state index is 0.0332. The molecule has 0 bridgehead atoms. The van der Waals surface area contributed by atoms with Gasteiger partial charge in [-0.3, -0.25) is 0 Å². The first-order valence-corrected chi connectivity index (χ1v) is 10.9. The normalized spacial score (nSPS) is 17.5. The lowest BCUT2D eigenvalue weighted by molar-refractivity contribution is 0.207. The standard InChI is InChI=1S/C25H29N3O3/c1-17(27-26)20(16-28-14-8-3-9-15-28)22(18-10-4-2-5-11-18)23-24(29)19-12-6-7-13-21(19)31-25(23)30/h2,4-7,10-13,20,22,29H,3,8-9,14-16,26H2,1H3/b27-17+/t20-,22-/m1/s1. The van der Waals surface area contributed by atoms with Crippen molar-refractivity contribution in [2.24, 2.45) is 16.9 Å². The number of para-hydroxylation sites is 1. The number of rotatable bonds is 6. The van der Waals surface area contributed by atoms with Gasteiger partial charge in [0.25, 0.3) is 0 Å². The number of hydrogen-bond donors (Lipinski definition) is 2. The molecule has 1 fully saturated rings. The molecule has 1 aliphatic rings. The van der Waals surface area contributed by atoms with E-state index in [9.17, 15) is 9.90 Å². The quantitative estimate of drug-likeness (QED) is 0.272. The van der Waals surface area contributed by atoms with E-state index in [0.29, 0.717) is 17.5 Å². The fourth-order valence-corrected chi connectivity index (χ4v) is 4.68. The molecule has 2 heterocycles. The summed E-state index contributed by atoms with van der Waals surface area (Å²) in [5, 5.41) is 15.8. The molecular formula is C25H29N3O3. The highest BCUT2D eigenvalue weighted by atomic mass is 16.4. The zero-order valence-corrected chi connectivity index (χ0v) is 17.8. The highest BCUT2D eigenvalue weighted by Gasteiger charge is 2.34. The fourth-order valence-electron chi connectivity index (χ4n) is 4.68. The van der Waals surface area contributed by atoms with Crippen LogP contribution in [-0.2, 0) is 0 Å². The van der Waals surface area contributed by atoms with Crippen LogP contribution >= 0.6 is 0 Å². The van der Waals surface area contributed by atoms with E-state index in [1.807, 2.05) is 43.3 Å². The average molecular weight is 420 g/mol. The van der Waals surface area contributed by atoms with Gasteiger partial charge in [0.1, 0.15) is 11.3 Å². The van der Waals surface area contributed by atoms with Crippen LogP contribution in [0, 0.1) is 5.92 Å². The molecule has 2 aromatic carbocycles. The van der Waals surface area contributed by atoms with Crippen LogP contribution in [0.25, 0.3) is 11.0 Å². The largest absolute Gasteiger partial charge is 0.507 e. The Kier molecular flexibility index (Phi) is 6.37. The zero-order chi connectivity index (χ0) is 21.8. The smallest absolute Gasteiger partial charge is 0.343 e. The number of hydrazone groups is 1. The van der Waals surface area contributed by atoms with E-state index in [-0.39, 0.29) is 17.2 Å². The number of fused-ring (bicyclic) bond motifs is 1. The van der Waals surface area contributed by atoms with Gasteiger partial charge in [0.05, 0.1) is 10.9 Å². The van der Waals surface area contributed by atoms with E-state index in [2.05, 4.69) is 10.0 Å². The lowest BCUT2D eigenvalue weighted by Gasteiger charge is -2.34. The van der Waals surface area contributed by atoms with Crippen molar-refractivity contribution in [3.05, 3.63) is 76.1 Å². The van der Waals surface area contributed by atoms with Gasteiger partial charge in [-0.1, -0.05) is 48.9 Å². The summed E-state index contributed by atoms with van der Waals surface area (Å²) in [5.41, 5.74) is 1.77. The van der Waals surface area contributed by atoms with E-state index in [0.717, 1.165) is 37.2 Å². The van der Waals surface area contributed by atoms with Crippen molar-refractivity contribution >= 4 is 16.7 Å². The second-order valence-corrected chi connectivity index (χ2v) is 8.27. The van der Waals surface area contributed by atoms with Crippen LogP contribution in [0.4, 0.5) is 0 Å². The molecule has 0 saturated carbocycles. The van der Waals surface area contributed by atoms with Crippen LogP contribution in [0.3, 0.4) is 0 Å². The molecule has 1 saturated heterocycles. The molecule has 2 atom stereocenters. The molecule has 4 rings (SSSR count). The highest BCUT2D eigenvalue weighted by Crippen LogP contribution is 2.39. The highest BCUT2D eigenvalue weighted by molar-refractivity contribution is 5.88. The zero-order valence-electron chi connectivity index (χ0n) is 17.8. The van der Waals surface area contributed by atoms with E-state index in [4.69, 9.17) is 10.3 Å². The van der Waals surface area contributed by atoms with Gasteiger partial charge >= 0.3 is 5.63 Å². The fraction of sp³-hybridized carbons (Fsp3) is 0.360. The van der Waals surface area contributed by atoms with Crippen molar-refractivity contribution in [2.45, 2.75) is 32.1 Å². The third-order valence-corrected chi connectivity index (χ3v) is 6.34. The van der Waals surface area contributed by atoms with E-state index in [1.54, 1.807) is 18.2 Å². The van der Waals surface area contributed by atoms with E-state index >= 15 is 0 Å². The molecule has 0 amide bonds. The summed E-state index contributed by atoms with van der Waals surface area (Å²) >= 11 is 0. The van der Waals surface area contributed by atoms with Crippen LogP contribution in [-0.4, -0.2) is 35.4 Å². The Morgan fingerprint density at radius 1 is 1.10 bits per heavy atom. The molecule has 3 aromatic rings. The van der Waals surface area contributed by atoms with E-state index in [1.165, 1.54) is 6.42 Å². The summed E-state index contributed by atoms with van der Waals surface area (Å²) in [5.74, 6) is 5.10. The predicted molar refractivity (Wildman–Crippen MR) is 124 cm³/mol. The number of likely N-dealkylation sites (tertiary alicyclic amines) is 1. The Hall–Kier alpha value is -3.12. The lowest BCUT2D eigenvalue weighted by Crippen LogP contribution is -2.40. The van der Waals surface area contributed by atoms with Gasteiger partial charge in [-0.25, -0.2) is 4.79 Å². The lowest BCUT2D eigenvalue weighted by atomic mass is 9.78. The van der Waals surface area contributed by atoms with Crippen LogP contribution in [0.2, 0.25) is 0 Å². The molecular weight excluding hydrogens is 390 g/mol. The monoisotopic (exact) mass is 419 g/mol. The first kappa shape index (κ1) is 21.1. The Morgan fingerprint density at radius 3 is 2.48 bits per heavy atom. The van der Waals surface area contributed by atoms with Gasteiger partial charge in [0, 0.05) is 24.1 Å². The summed E-state index contributed by atoms with van der Waals surface area (Å²) in [7, 11) is 0.